The molecule has 0 atom stereocenters. The summed E-state index contributed by atoms with van der Waals surface area (Å²) >= 11 is 5.80. The highest BCUT2D eigenvalue weighted by Crippen LogP contribution is 2.17. The lowest BCUT2D eigenvalue weighted by Gasteiger charge is -2.09. The Balaban J connectivity index is 1.33. The summed E-state index contributed by atoms with van der Waals surface area (Å²) in [6, 6.07) is 13.7. The fourth-order valence-electron chi connectivity index (χ4n) is 2.91. The Morgan fingerprint density at radius 1 is 0.967 bits per heavy atom. The summed E-state index contributed by atoms with van der Waals surface area (Å²) in [7, 11) is -3.56. The van der Waals surface area contributed by atoms with Gasteiger partial charge in [-0.05, 0) is 55.0 Å². The number of pyridine rings is 1. The smallest absolute Gasteiger partial charge is 0.240 e. The molecule has 0 amide bonds. The number of benzene rings is 1. The molecule has 3 aromatic heterocycles. The van der Waals surface area contributed by atoms with E-state index < -0.39 is 10.0 Å². The fourth-order valence-corrected chi connectivity index (χ4v) is 4.11. The zero-order valence-corrected chi connectivity index (χ0v) is 17.4. The van der Waals surface area contributed by atoms with E-state index in [1.165, 1.54) is 12.1 Å². The minimum Gasteiger partial charge on any atom is -0.354 e. The summed E-state index contributed by atoms with van der Waals surface area (Å²) in [5.74, 6) is 1.16. The van der Waals surface area contributed by atoms with E-state index in [0.29, 0.717) is 29.8 Å². The number of nitrogens with one attached hydrogen (secondary N) is 2. The molecule has 154 valence electrons. The van der Waals surface area contributed by atoms with E-state index in [4.69, 9.17) is 11.6 Å². The molecule has 0 saturated carbocycles. The molecule has 30 heavy (non-hydrogen) atoms. The first kappa shape index (κ1) is 20.3. The molecule has 0 fully saturated rings. The van der Waals surface area contributed by atoms with Crippen LogP contribution in [0.4, 0.5) is 5.95 Å². The molecule has 10 heteroatoms. The molecular formula is C20H19ClN6O2S. The number of hydrogen-bond donors (Lipinski definition) is 2. The van der Waals surface area contributed by atoms with Gasteiger partial charge in [0.2, 0.25) is 16.0 Å². The summed E-state index contributed by atoms with van der Waals surface area (Å²) in [5.41, 5.74) is 0.818. The Morgan fingerprint density at radius 2 is 1.80 bits per heavy atom. The van der Waals surface area contributed by atoms with Crippen LogP contribution in [-0.2, 0) is 10.0 Å². The van der Waals surface area contributed by atoms with E-state index in [1.54, 1.807) is 30.6 Å². The lowest BCUT2D eigenvalue weighted by atomic mass is 10.3. The number of nitrogens with zero attached hydrogens (tertiary/aromatic N) is 4. The van der Waals surface area contributed by atoms with Crippen molar-refractivity contribution in [1.82, 2.24) is 24.2 Å². The molecule has 4 aromatic rings. The van der Waals surface area contributed by atoms with Crippen LogP contribution in [0.3, 0.4) is 0 Å². The van der Waals surface area contributed by atoms with E-state index in [0.717, 1.165) is 11.0 Å². The zero-order valence-electron chi connectivity index (χ0n) is 15.9. The van der Waals surface area contributed by atoms with Crippen LogP contribution in [-0.4, -0.2) is 41.0 Å². The molecule has 0 unspecified atom stereocenters. The summed E-state index contributed by atoms with van der Waals surface area (Å²) in [6.45, 7) is 0.793. The van der Waals surface area contributed by atoms with Crippen LogP contribution >= 0.6 is 11.6 Å². The van der Waals surface area contributed by atoms with Gasteiger partial charge in [0, 0.05) is 42.1 Å². The van der Waals surface area contributed by atoms with Crippen molar-refractivity contribution in [2.24, 2.45) is 0 Å². The Bertz CT molecular complexity index is 1260. The second-order valence-corrected chi connectivity index (χ2v) is 8.68. The minimum absolute atomic E-state index is 0.184. The van der Waals surface area contributed by atoms with Gasteiger partial charge in [0.1, 0.15) is 11.5 Å². The number of aromatic nitrogens is 4. The maximum Gasteiger partial charge on any atom is 0.240 e. The van der Waals surface area contributed by atoms with Crippen molar-refractivity contribution >= 4 is 38.6 Å². The Morgan fingerprint density at radius 3 is 2.63 bits per heavy atom. The van der Waals surface area contributed by atoms with Crippen molar-refractivity contribution < 1.29 is 8.42 Å². The van der Waals surface area contributed by atoms with E-state index in [9.17, 15) is 8.42 Å². The number of sulfonamides is 1. The molecule has 0 bridgehead atoms. The Hall–Kier alpha value is -3.01. The number of anilines is 1. The average molecular weight is 443 g/mol. The summed E-state index contributed by atoms with van der Waals surface area (Å²) in [5, 5.41) is 4.64. The van der Waals surface area contributed by atoms with E-state index >= 15 is 0 Å². The van der Waals surface area contributed by atoms with Crippen LogP contribution in [0.1, 0.15) is 6.42 Å². The van der Waals surface area contributed by atoms with Crippen molar-refractivity contribution in [3.63, 3.8) is 0 Å². The van der Waals surface area contributed by atoms with Gasteiger partial charge >= 0.3 is 0 Å². The third kappa shape index (κ3) is 4.59. The van der Waals surface area contributed by atoms with Gasteiger partial charge in [-0.3, -0.25) is 4.57 Å². The number of hydrogen-bond acceptors (Lipinski definition) is 6. The molecule has 0 spiro atoms. The first-order chi connectivity index (χ1) is 14.5. The number of halogens is 1. The summed E-state index contributed by atoms with van der Waals surface area (Å²) in [6.07, 6.45) is 5.89. The van der Waals surface area contributed by atoms with Gasteiger partial charge in [0.15, 0.2) is 0 Å². The van der Waals surface area contributed by atoms with Gasteiger partial charge in [0.25, 0.3) is 0 Å². The highest BCUT2D eigenvalue weighted by molar-refractivity contribution is 7.89. The first-order valence-corrected chi connectivity index (χ1v) is 11.1. The van der Waals surface area contributed by atoms with E-state index in [1.807, 2.05) is 29.0 Å². The van der Waals surface area contributed by atoms with Crippen LogP contribution < -0.4 is 10.0 Å². The maximum absolute atomic E-state index is 12.3. The minimum atomic E-state index is -3.56. The second kappa shape index (κ2) is 8.78. The van der Waals surface area contributed by atoms with Crippen molar-refractivity contribution in [1.29, 1.82) is 0 Å². The van der Waals surface area contributed by atoms with Crippen molar-refractivity contribution in [3.8, 4) is 5.82 Å². The monoisotopic (exact) mass is 442 g/mol. The molecule has 0 aliphatic carbocycles. The Kier molecular flexibility index (Phi) is 5.93. The van der Waals surface area contributed by atoms with Crippen LogP contribution in [0.5, 0.6) is 0 Å². The third-order valence-corrected chi connectivity index (χ3v) is 6.12. The predicted molar refractivity (Wildman–Crippen MR) is 116 cm³/mol. The van der Waals surface area contributed by atoms with Gasteiger partial charge in [-0.1, -0.05) is 11.6 Å². The van der Waals surface area contributed by atoms with Gasteiger partial charge in [-0.15, -0.1) is 0 Å². The van der Waals surface area contributed by atoms with Crippen LogP contribution in [0, 0.1) is 0 Å². The van der Waals surface area contributed by atoms with Gasteiger partial charge in [-0.25, -0.2) is 23.1 Å². The lowest BCUT2D eigenvalue weighted by Crippen LogP contribution is -2.26. The molecule has 3 heterocycles. The van der Waals surface area contributed by atoms with Gasteiger partial charge in [0.05, 0.1) is 4.90 Å². The second-order valence-electron chi connectivity index (χ2n) is 6.47. The summed E-state index contributed by atoms with van der Waals surface area (Å²) < 4.78 is 29.0. The van der Waals surface area contributed by atoms with E-state index in [2.05, 4.69) is 25.0 Å². The van der Waals surface area contributed by atoms with E-state index in [-0.39, 0.29) is 11.4 Å². The molecule has 0 radical (unpaired) electrons. The first-order valence-electron chi connectivity index (χ1n) is 9.27. The van der Waals surface area contributed by atoms with Crippen LogP contribution in [0.2, 0.25) is 5.02 Å². The normalized spacial score (nSPS) is 11.6. The number of fused-ring (bicyclic) bond motifs is 1. The molecule has 0 aliphatic rings. The maximum atomic E-state index is 12.3. The molecule has 1 aromatic carbocycles. The average Bonchev–Trinajstić information content (AvgIpc) is 3.18. The lowest BCUT2D eigenvalue weighted by molar-refractivity contribution is 0.580. The van der Waals surface area contributed by atoms with Gasteiger partial charge < -0.3 is 5.32 Å². The SMILES string of the molecule is O=S(=O)(NCCCNc1nccc(-n2ccc3cccnc32)n1)c1ccc(Cl)cc1. The highest BCUT2D eigenvalue weighted by atomic mass is 35.5. The van der Waals surface area contributed by atoms with Crippen molar-refractivity contribution in [2.75, 3.05) is 18.4 Å². The standard InChI is InChI=1S/C20H19ClN6O2S/c21-16-4-6-17(7-5-16)30(28,29)25-12-2-11-23-20-24-13-8-18(26-20)27-14-9-15-3-1-10-22-19(15)27/h1,3-10,13-14,25H,2,11-12H2,(H,23,24,26). The van der Waals surface area contributed by atoms with Gasteiger partial charge in [-0.2, -0.15) is 4.98 Å². The van der Waals surface area contributed by atoms with Crippen LogP contribution in [0.25, 0.3) is 16.9 Å². The topological polar surface area (TPSA) is 102 Å². The third-order valence-electron chi connectivity index (χ3n) is 4.39. The molecule has 2 N–H and O–H groups in total. The molecule has 0 aliphatic heterocycles. The summed E-state index contributed by atoms with van der Waals surface area (Å²) in [4.78, 5) is 13.3. The molecule has 0 saturated heterocycles. The molecule has 8 nitrogen and oxygen atoms in total. The molecular weight excluding hydrogens is 424 g/mol. The highest BCUT2D eigenvalue weighted by Gasteiger charge is 2.12. The van der Waals surface area contributed by atoms with Crippen LogP contribution in [0.15, 0.2) is 72.0 Å². The largest absolute Gasteiger partial charge is 0.354 e. The fraction of sp³-hybridized carbons (Fsp3) is 0.150. The molecule has 4 rings (SSSR count). The number of rotatable bonds is 8. The Labute approximate surface area is 179 Å². The zero-order chi connectivity index (χ0) is 21.0. The predicted octanol–water partition coefficient (Wildman–Crippen LogP) is 3.25. The van der Waals surface area contributed by atoms with Crippen molar-refractivity contribution in [2.45, 2.75) is 11.3 Å². The quantitative estimate of drug-likeness (QED) is 0.406. The van der Waals surface area contributed by atoms with Crippen molar-refractivity contribution in [3.05, 3.63) is 72.1 Å².